The van der Waals surface area contributed by atoms with Gasteiger partial charge in [0.1, 0.15) is 0 Å². The average molecular weight is 477 g/mol. The molecule has 0 saturated heterocycles. The second-order valence-electron chi connectivity index (χ2n) is 9.83. The molecule has 0 bridgehead atoms. The SMILES string of the molecule is COC(=O)[C@@H]1CCC[C@H]1C(=O)c1ccc(-c2ccc(NC(=O)NC3CCCCCCC3)cc2)cc1. The zero-order chi connectivity index (χ0) is 24.6. The molecule has 4 rings (SSSR count). The smallest absolute Gasteiger partial charge is 0.319 e. The van der Waals surface area contributed by atoms with Crippen LogP contribution in [0.4, 0.5) is 10.5 Å². The first-order valence-electron chi connectivity index (χ1n) is 12.9. The summed E-state index contributed by atoms with van der Waals surface area (Å²) in [7, 11) is 1.38. The monoisotopic (exact) mass is 476 g/mol. The summed E-state index contributed by atoms with van der Waals surface area (Å²) < 4.78 is 4.89. The van der Waals surface area contributed by atoms with Gasteiger partial charge in [0.05, 0.1) is 13.0 Å². The second kappa shape index (κ2) is 12.0. The third-order valence-corrected chi connectivity index (χ3v) is 7.44. The Balaban J connectivity index is 1.34. The first-order valence-corrected chi connectivity index (χ1v) is 12.9. The molecule has 2 aromatic rings. The molecule has 2 aromatic carbocycles. The molecule has 0 heterocycles. The summed E-state index contributed by atoms with van der Waals surface area (Å²) in [5.74, 6) is -0.910. The molecule has 2 atom stereocenters. The Hall–Kier alpha value is -3.15. The number of benzene rings is 2. The number of Topliss-reactive ketones (excluding diaryl/α,β-unsaturated/α-hetero) is 1. The normalized spacial score (nSPS) is 20.9. The van der Waals surface area contributed by atoms with Gasteiger partial charge < -0.3 is 15.4 Å². The van der Waals surface area contributed by atoms with Crippen molar-refractivity contribution in [1.82, 2.24) is 5.32 Å². The summed E-state index contributed by atoms with van der Waals surface area (Å²) in [4.78, 5) is 37.5. The first-order chi connectivity index (χ1) is 17.0. The fourth-order valence-electron chi connectivity index (χ4n) is 5.45. The number of carbonyl (C=O) groups excluding carboxylic acids is 3. The van der Waals surface area contributed by atoms with Crippen LogP contribution >= 0.6 is 0 Å². The summed E-state index contributed by atoms with van der Waals surface area (Å²) in [5, 5.41) is 6.07. The highest BCUT2D eigenvalue weighted by atomic mass is 16.5. The van der Waals surface area contributed by atoms with Crippen molar-refractivity contribution in [2.45, 2.75) is 70.3 Å². The number of rotatable bonds is 6. The average Bonchev–Trinajstić information content (AvgIpc) is 3.35. The molecule has 2 fully saturated rings. The van der Waals surface area contributed by atoms with E-state index in [0.717, 1.165) is 42.5 Å². The van der Waals surface area contributed by atoms with Gasteiger partial charge in [0, 0.05) is 23.2 Å². The summed E-state index contributed by atoms with van der Waals surface area (Å²) in [6.45, 7) is 0. The molecule has 0 unspecified atom stereocenters. The molecule has 186 valence electrons. The zero-order valence-electron chi connectivity index (χ0n) is 20.6. The molecule has 35 heavy (non-hydrogen) atoms. The van der Waals surface area contributed by atoms with Crippen LogP contribution in [-0.4, -0.2) is 30.9 Å². The Morgan fingerprint density at radius 3 is 1.91 bits per heavy atom. The van der Waals surface area contributed by atoms with E-state index in [1.165, 1.54) is 39.2 Å². The van der Waals surface area contributed by atoms with E-state index in [9.17, 15) is 14.4 Å². The molecule has 6 heteroatoms. The molecular formula is C29H36N2O4. The van der Waals surface area contributed by atoms with Gasteiger partial charge in [0.25, 0.3) is 0 Å². The summed E-state index contributed by atoms with van der Waals surface area (Å²) in [6.07, 6.45) is 10.6. The number of hydrogen-bond acceptors (Lipinski definition) is 4. The number of carbonyl (C=O) groups is 3. The standard InChI is InChI=1S/C29H36N2O4/c1-35-28(33)26-11-7-10-25(26)27(32)22-14-12-20(13-15-22)21-16-18-24(19-17-21)31-29(34)30-23-8-5-3-2-4-6-9-23/h12-19,23,25-26H,2-11H2,1H3,(H2,30,31,34)/t25-,26-/m1/s1. The lowest BCUT2D eigenvalue weighted by Gasteiger charge is -2.21. The topological polar surface area (TPSA) is 84.5 Å². The van der Waals surface area contributed by atoms with Crippen LogP contribution in [0, 0.1) is 11.8 Å². The van der Waals surface area contributed by atoms with Crippen LogP contribution in [-0.2, 0) is 9.53 Å². The number of esters is 1. The van der Waals surface area contributed by atoms with Gasteiger partial charge >= 0.3 is 12.0 Å². The lowest BCUT2D eigenvalue weighted by molar-refractivity contribution is -0.146. The molecule has 2 aliphatic rings. The van der Waals surface area contributed by atoms with Crippen LogP contribution in [0.3, 0.4) is 0 Å². The number of amides is 2. The van der Waals surface area contributed by atoms with E-state index in [1.807, 2.05) is 48.5 Å². The summed E-state index contributed by atoms with van der Waals surface area (Å²) >= 11 is 0. The predicted molar refractivity (Wildman–Crippen MR) is 137 cm³/mol. The minimum atomic E-state index is -0.337. The van der Waals surface area contributed by atoms with Crippen molar-refractivity contribution in [3.63, 3.8) is 0 Å². The largest absolute Gasteiger partial charge is 0.469 e. The third kappa shape index (κ3) is 6.50. The minimum Gasteiger partial charge on any atom is -0.469 e. The van der Waals surface area contributed by atoms with Gasteiger partial charge in [-0.15, -0.1) is 0 Å². The highest BCUT2D eigenvalue weighted by molar-refractivity contribution is 6.00. The molecule has 6 nitrogen and oxygen atoms in total. The molecule has 0 aromatic heterocycles. The van der Waals surface area contributed by atoms with Gasteiger partial charge in [-0.3, -0.25) is 9.59 Å². The number of nitrogens with one attached hydrogen (secondary N) is 2. The van der Waals surface area contributed by atoms with E-state index in [0.29, 0.717) is 12.0 Å². The van der Waals surface area contributed by atoms with Gasteiger partial charge in [-0.1, -0.05) is 74.9 Å². The van der Waals surface area contributed by atoms with Crippen molar-refractivity contribution >= 4 is 23.5 Å². The highest BCUT2D eigenvalue weighted by Crippen LogP contribution is 2.35. The molecule has 2 N–H and O–H groups in total. The fraction of sp³-hybridized carbons (Fsp3) is 0.483. The number of ketones is 1. The van der Waals surface area contributed by atoms with Crippen LogP contribution in [0.2, 0.25) is 0 Å². The van der Waals surface area contributed by atoms with Crippen LogP contribution in [0.5, 0.6) is 0 Å². The van der Waals surface area contributed by atoms with Crippen molar-refractivity contribution in [2.24, 2.45) is 11.8 Å². The van der Waals surface area contributed by atoms with Gasteiger partial charge in [0.2, 0.25) is 0 Å². The fourth-order valence-corrected chi connectivity index (χ4v) is 5.45. The lowest BCUT2D eigenvalue weighted by Crippen LogP contribution is -2.38. The van der Waals surface area contributed by atoms with Crippen molar-refractivity contribution in [1.29, 1.82) is 0 Å². The Bertz CT molecular complexity index is 1010. The van der Waals surface area contributed by atoms with E-state index in [1.54, 1.807) is 0 Å². The van der Waals surface area contributed by atoms with E-state index in [-0.39, 0.29) is 35.7 Å². The van der Waals surface area contributed by atoms with Gasteiger partial charge in [0.15, 0.2) is 5.78 Å². The maximum absolute atomic E-state index is 13.0. The molecule has 0 aliphatic heterocycles. The molecule has 0 spiro atoms. The number of methoxy groups -OCH3 is 1. The molecule has 2 amide bonds. The summed E-state index contributed by atoms with van der Waals surface area (Å²) in [6, 6.07) is 15.3. The number of urea groups is 1. The molecule has 2 aliphatic carbocycles. The van der Waals surface area contributed by atoms with Crippen LogP contribution in [0.15, 0.2) is 48.5 Å². The summed E-state index contributed by atoms with van der Waals surface area (Å²) in [5.41, 5.74) is 3.36. The van der Waals surface area contributed by atoms with Crippen molar-refractivity contribution < 1.29 is 19.1 Å². The van der Waals surface area contributed by atoms with E-state index >= 15 is 0 Å². The Labute approximate surface area is 207 Å². The number of hydrogen-bond donors (Lipinski definition) is 2. The Morgan fingerprint density at radius 2 is 1.29 bits per heavy atom. The van der Waals surface area contributed by atoms with Gasteiger partial charge in [-0.2, -0.15) is 0 Å². The maximum Gasteiger partial charge on any atom is 0.319 e. The predicted octanol–water partition coefficient (Wildman–Crippen LogP) is 6.36. The van der Waals surface area contributed by atoms with Gasteiger partial charge in [-0.25, -0.2) is 4.79 Å². The minimum absolute atomic E-state index is 0.0132. The third-order valence-electron chi connectivity index (χ3n) is 7.44. The van der Waals surface area contributed by atoms with E-state index in [2.05, 4.69) is 10.6 Å². The van der Waals surface area contributed by atoms with Crippen LogP contribution in [0.25, 0.3) is 11.1 Å². The van der Waals surface area contributed by atoms with E-state index < -0.39 is 0 Å². The maximum atomic E-state index is 13.0. The highest BCUT2D eigenvalue weighted by Gasteiger charge is 2.38. The first kappa shape index (κ1) is 25.0. The Morgan fingerprint density at radius 1 is 0.714 bits per heavy atom. The quantitative estimate of drug-likeness (QED) is 0.375. The molecule has 0 radical (unpaired) electrons. The number of ether oxygens (including phenoxy) is 1. The van der Waals surface area contributed by atoms with Crippen LogP contribution < -0.4 is 10.6 Å². The zero-order valence-corrected chi connectivity index (χ0v) is 20.6. The van der Waals surface area contributed by atoms with Gasteiger partial charge in [-0.05, 0) is 48.9 Å². The second-order valence-corrected chi connectivity index (χ2v) is 9.83. The van der Waals surface area contributed by atoms with E-state index in [4.69, 9.17) is 4.74 Å². The molecule has 2 saturated carbocycles. The lowest BCUT2D eigenvalue weighted by atomic mass is 9.88. The number of anilines is 1. The van der Waals surface area contributed by atoms with Crippen molar-refractivity contribution in [2.75, 3.05) is 12.4 Å². The van der Waals surface area contributed by atoms with Crippen molar-refractivity contribution in [3.05, 3.63) is 54.1 Å². The Kier molecular flexibility index (Phi) is 8.56. The van der Waals surface area contributed by atoms with Crippen LogP contribution in [0.1, 0.15) is 74.6 Å². The molecular weight excluding hydrogens is 440 g/mol. The van der Waals surface area contributed by atoms with Crippen molar-refractivity contribution in [3.8, 4) is 11.1 Å².